The normalized spacial score (nSPS) is 19.9. The molecule has 0 spiro atoms. The third-order valence-electron chi connectivity index (χ3n) is 3.08. The Bertz CT molecular complexity index is 438. The molecule has 0 fully saturated rings. The highest BCUT2D eigenvalue weighted by atomic mass is 16.3. The lowest BCUT2D eigenvalue weighted by Crippen LogP contribution is -2.46. The van der Waals surface area contributed by atoms with Crippen molar-refractivity contribution in [3.8, 4) is 0 Å². The van der Waals surface area contributed by atoms with E-state index in [4.69, 9.17) is 0 Å². The van der Waals surface area contributed by atoms with Gasteiger partial charge in [-0.25, -0.2) is 0 Å². The molecule has 1 unspecified atom stereocenters. The van der Waals surface area contributed by atoms with Gasteiger partial charge in [-0.1, -0.05) is 18.2 Å². The Labute approximate surface area is 107 Å². The Morgan fingerprint density at radius 3 is 2.89 bits per heavy atom. The summed E-state index contributed by atoms with van der Waals surface area (Å²) >= 11 is 0. The van der Waals surface area contributed by atoms with Crippen molar-refractivity contribution in [2.45, 2.75) is 38.3 Å². The second-order valence-corrected chi connectivity index (χ2v) is 5.43. The standard InChI is InChI=1S/C14H20N2O2/c1-14(2,18)9-15-12-8-7-10-5-3-4-6-11(10)16-13(12)17/h3-6,12,15,18H,7-9H2,1-2H3,(H,16,17). The van der Waals surface area contributed by atoms with Crippen LogP contribution in [-0.4, -0.2) is 29.2 Å². The molecule has 0 saturated heterocycles. The molecule has 0 radical (unpaired) electrons. The zero-order chi connectivity index (χ0) is 13.2. The highest BCUT2D eigenvalue weighted by molar-refractivity contribution is 5.96. The zero-order valence-electron chi connectivity index (χ0n) is 10.9. The summed E-state index contributed by atoms with van der Waals surface area (Å²) in [4.78, 5) is 12.0. The minimum absolute atomic E-state index is 0.0239. The number of aryl methyl sites for hydroxylation is 1. The van der Waals surface area contributed by atoms with Crippen LogP contribution in [0.1, 0.15) is 25.8 Å². The van der Waals surface area contributed by atoms with Gasteiger partial charge in [0.1, 0.15) is 0 Å². The lowest BCUT2D eigenvalue weighted by molar-refractivity contribution is -0.118. The fourth-order valence-electron chi connectivity index (χ4n) is 2.08. The quantitative estimate of drug-likeness (QED) is 0.755. The first-order chi connectivity index (χ1) is 8.46. The molecule has 18 heavy (non-hydrogen) atoms. The third-order valence-corrected chi connectivity index (χ3v) is 3.08. The first-order valence-electron chi connectivity index (χ1n) is 6.30. The minimum atomic E-state index is -0.806. The molecule has 4 nitrogen and oxygen atoms in total. The van der Waals surface area contributed by atoms with E-state index in [1.165, 1.54) is 5.56 Å². The predicted molar refractivity (Wildman–Crippen MR) is 71.5 cm³/mol. The molecular weight excluding hydrogens is 228 g/mol. The first-order valence-corrected chi connectivity index (χ1v) is 6.30. The second-order valence-electron chi connectivity index (χ2n) is 5.43. The van der Waals surface area contributed by atoms with Crippen molar-refractivity contribution in [2.75, 3.05) is 11.9 Å². The molecule has 1 amide bonds. The Kier molecular flexibility index (Phi) is 3.68. The van der Waals surface area contributed by atoms with Crippen LogP contribution in [0.4, 0.5) is 5.69 Å². The lowest BCUT2D eigenvalue weighted by atomic mass is 10.0. The largest absolute Gasteiger partial charge is 0.389 e. The maximum Gasteiger partial charge on any atom is 0.241 e. The van der Waals surface area contributed by atoms with E-state index < -0.39 is 5.60 Å². The van der Waals surface area contributed by atoms with Gasteiger partial charge in [-0.3, -0.25) is 4.79 Å². The molecule has 1 atom stereocenters. The molecule has 0 saturated carbocycles. The van der Waals surface area contributed by atoms with Crippen molar-refractivity contribution in [1.82, 2.24) is 5.32 Å². The van der Waals surface area contributed by atoms with Gasteiger partial charge < -0.3 is 15.7 Å². The molecule has 3 N–H and O–H groups in total. The summed E-state index contributed by atoms with van der Waals surface area (Å²) in [7, 11) is 0. The number of rotatable bonds is 3. The maximum absolute atomic E-state index is 12.0. The van der Waals surface area contributed by atoms with Gasteiger partial charge in [-0.15, -0.1) is 0 Å². The molecule has 2 rings (SSSR count). The molecule has 1 aliphatic rings. The number of amides is 1. The molecule has 1 aliphatic heterocycles. The Morgan fingerprint density at radius 2 is 2.17 bits per heavy atom. The fourth-order valence-corrected chi connectivity index (χ4v) is 2.08. The van der Waals surface area contributed by atoms with Crippen molar-refractivity contribution in [3.63, 3.8) is 0 Å². The van der Waals surface area contributed by atoms with Gasteiger partial charge in [-0.05, 0) is 38.3 Å². The molecule has 1 aromatic rings. The lowest BCUT2D eigenvalue weighted by Gasteiger charge is -2.22. The van der Waals surface area contributed by atoms with Gasteiger partial charge in [0, 0.05) is 12.2 Å². The van der Waals surface area contributed by atoms with Crippen LogP contribution in [0.15, 0.2) is 24.3 Å². The van der Waals surface area contributed by atoms with Gasteiger partial charge in [0.05, 0.1) is 11.6 Å². The molecular formula is C14H20N2O2. The van der Waals surface area contributed by atoms with Crippen molar-refractivity contribution < 1.29 is 9.90 Å². The molecule has 98 valence electrons. The number of hydrogen-bond donors (Lipinski definition) is 3. The van der Waals surface area contributed by atoms with E-state index in [1.54, 1.807) is 13.8 Å². The van der Waals surface area contributed by atoms with Crippen molar-refractivity contribution >= 4 is 11.6 Å². The Balaban J connectivity index is 2.03. The van der Waals surface area contributed by atoms with Crippen LogP contribution >= 0.6 is 0 Å². The van der Waals surface area contributed by atoms with E-state index in [1.807, 2.05) is 24.3 Å². The van der Waals surface area contributed by atoms with E-state index in [0.717, 1.165) is 18.5 Å². The number of para-hydroxylation sites is 1. The maximum atomic E-state index is 12.0. The molecule has 4 heteroatoms. The van der Waals surface area contributed by atoms with Crippen molar-refractivity contribution in [3.05, 3.63) is 29.8 Å². The number of carbonyl (C=O) groups excluding carboxylic acids is 1. The summed E-state index contributed by atoms with van der Waals surface area (Å²) in [5.74, 6) is -0.0239. The average molecular weight is 248 g/mol. The fraction of sp³-hybridized carbons (Fsp3) is 0.500. The van der Waals surface area contributed by atoms with Crippen LogP contribution in [0.3, 0.4) is 0 Å². The summed E-state index contributed by atoms with van der Waals surface area (Å²) in [5.41, 5.74) is 1.26. The Morgan fingerprint density at radius 1 is 1.44 bits per heavy atom. The van der Waals surface area contributed by atoms with Gasteiger partial charge in [0.25, 0.3) is 0 Å². The first kappa shape index (κ1) is 13.1. The molecule has 1 aromatic carbocycles. The monoisotopic (exact) mass is 248 g/mol. The van der Waals surface area contributed by atoms with E-state index >= 15 is 0 Å². The summed E-state index contributed by atoms with van der Waals surface area (Å²) in [6, 6.07) is 7.61. The number of aliphatic hydroxyl groups is 1. The number of fused-ring (bicyclic) bond motifs is 1. The number of benzene rings is 1. The molecule has 1 heterocycles. The summed E-state index contributed by atoms with van der Waals surface area (Å²) in [6.07, 6.45) is 1.61. The molecule has 0 bridgehead atoms. The minimum Gasteiger partial charge on any atom is -0.389 e. The van der Waals surface area contributed by atoms with E-state index in [0.29, 0.717) is 6.54 Å². The molecule has 0 aromatic heterocycles. The second kappa shape index (κ2) is 5.08. The summed E-state index contributed by atoms with van der Waals surface area (Å²) in [6.45, 7) is 3.86. The van der Waals surface area contributed by atoms with Crippen LogP contribution in [-0.2, 0) is 11.2 Å². The van der Waals surface area contributed by atoms with Gasteiger partial charge in [0.2, 0.25) is 5.91 Å². The van der Waals surface area contributed by atoms with Crippen molar-refractivity contribution in [2.24, 2.45) is 0 Å². The number of nitrogens with one attached hydrogen (secondary N) is 2. The number of anilines is 1. The summed E-state index contributed by atoms with van der Waals surface area (Å²) < 4.78 is 0. The van der Waals surface area contributed by atoms with Crippen LogP contribution in [0.5, 0.6) is 0 Å². The van der Waals surface area contributed by atoms with Crippen LogP contribution < -0.4 is 10.6 Å². The SMILES string of the molecule is CC(C)(O)CNC1CCc2ccccc2NC1=O. The van der Waals surface area contributed by atoms with Gasteiger partial charge in [0.15, 0.2) is 0 Å². The number of carbonyl (C=O) groups is 1. The van der Waals surface area contributed by atoms with Gasteiger partial charge in [-0.2, -0.15) is 0 Å². The van der Waals surface area contributed by atoms with E-state index in [9.17, 15) is 9.90 Å². The van der Waals surface area contributed by atoms with E-state index in [-0.39, 0.29) is 11.9 Å². The van der Waals surface area contributed by atoms with Gasteiger partial charge >= 0.3 is 0 Å². The Hall–Kier alpha value is -1.39. The predicted octanol–water partition coefficient (Wildman–Crippen LogP) is 1.30. The number of hydrogen-bond acceptors (Lipinski definition) is 3. The average Bonchev–Trinajstić information content (AvgIpc) is 2.44. The zero-order valence-corrected chi connectivity index (χ0v) is 10.9. The highest BCUT2D eigenvalue weighted by Crippen LogP contribution is 2.21. The highest BCUT2D eigenvalue weighted by Gasteiger charge is 2.24. The van der Waals surface area contributed by atoms with E-state index in [2.05, 4.69) is 10.6 Å². The van der Waals surface area contributed by atoms with Crippen LogP contribution in [0, 0.1) is 0 Å². The topological polar surface area (TPSA) is 61.4 Å². The molecule has 0 aliphatic carbocycles. The van der Waals surface area contributed by atoms with Crippen LogP contribution in [0.2, 0.25) is 0 Å². The van der Waals surface area contributed by atoms with Crippen molar-refractivity contribution in [1.29, 1.82) is 0 Å². The smallest absolute Gasteiger partial charge is 0.241 e. The van der Waals surface area contributed by atoms with Crippen LogP contribution in [0.25, 0.3) is 0 Å². The summed E-state index contributed by atoms with van der Waals surface area (Å²) in [5, 5.41) is 15.7. The third kappa shape index (κ3) is 3.31.